The maximum absolute atomic E-state index is 13.3. The van der Waals surface area contributed by atoms with Crippen LogP contribution in [-0.2, 0) is 4.79 Å². The van der Waals surface area contributed by atoms with Gasteiger partial charge in [0.2, 0.25) is 5.91 Å². The standard InChI is InChI=1S/C25H25N3O2/c29-25(27-17-18-12-15-28(16-13-18)23-11-5-6-14-26-23)24-19-7-1-3-9-21(19)30-22-10-4-2-8-20(22)24/h1-11,14,18,24H,12-13,15-17H2,(H,27,29). The molecule has 5 nitrogen and oxygen atoms in total. The number of anilines is 1. The Morgan fingerprint density at radius 2 is 1.57 bits per heavy atom. The van der Waals surface area contributed by atoms with Crippen LogP contribution in [0.3, 0.4) is 0 Å². The summed E-state index contributed by atoms with van der Waals surface area (Å²) in [5.41, 5.74) is 1.86. The topological polar surface area (TPSA) is 54.5 Å². The molecule has 0 atom stereocenters. The molecule has 2 aliphatic heterocycles. The van der Waals surface area contributed by atoms with Crippen molar-refractivity contribution in [2.75, 3.05) is 24.5 Å². The van der Waals surface area contributed by atoms with E-state index in [1.807, 2.05) is 66.9 Å². The minimum atomic E-state index is -0.334. The molecule has 0 spiro atoms. The number of carbonyl (C=O) groups excluding carboxylic acids is 1. The van der Waals surface area contributed by atoms with Gasteiger partial charge in [-0.25, -0.2) is 4.98 Å². The third kappa shape index (κ3) is 3.63. The van der Waals surface area contributed by atoms with Gasteiger partial charge in [-0.1, -0.05) is 42.5 Å². The number of amides is 1. The van der Waals surface area contributed by atoms with Crippen molar-refractivity contribution < 1.29 is 9.53 Å². The molecular formula is C25H25N3O2. The lowest BCUT2D eigenvalue weighted by atomic mass is 9.87. The lowest BCUT2D eigenvalue weighted by molar-refractivity contribution is -0.122. The summed E-state index contributed by atoms with van der Waals surface area (Å²) < 4.78 is 6.01. The molecule has 5 heteroatoms. The molecule has 1 saturated heterocycles. The highest BCUT2D eigenvalue weighted by molar-refractivity contribution is 5.89. The van der Waals surface area contributed by atoms with Crippen LogP contribution >= 0.6 is 0 Å². The molecule has 5 rings (SSSR count). The Kier molecular flexibility index (Phi) is 5.10. The van der Waals surface area contributed by atoms with E-state index in [-0.39, 0.29) is 11.8 Å². The van der Waals surface area contributed by atoms with Gasteiger partial charge in [0.25, 0.3) is 0 Å². The summed E-state index contributed by atoms with van der Waals surface area (Å²) in [4.78, 5) is 20.0. The molecule has 0 saturated carbocycles. The maximum atomic E-state index is 13.3. The minimum absolute atomic E-state index is 0.0466. The van der Waals surface area contributed by atoms with Crippen molar-refractivity contribution in [3.63, 3.8) is 0 Å². The number of para-hydroxylation sites is 2. The van der Waals surface area contributed by atoms with Crippen LogP contribution in [0.5, 0.6) is 11.5 Å². The highest BCUT2D eigenvalue weighted by atomic mass is 16.5. The summed E-state index contributed by atoms with van der Waals surface area (Å²) in [5, 5.41) is 3.23. The molecule has 1 N–H and O–H groups in total. The molecule has 3 aromatic rings. The van der Waals surface area contributed by atoms with Gasteiger partial charge in [0, 0.05) is 37.0 Å². The van der Waals surface area contributed by atoms with E-state index in [2.05, 4.69) is 21.3 Å². The first-order valence-corrected chi connectivity index (χ1v) is 10.6. The molecule has 1 aromatic heterocycles. The van der Waals surface area contributed by atoms with E-state index in [1.54, 1.807) is 0 Å². The quantitative estimate of drug-likeness (QED) is 0.709. The molecule has 0 aliphatic carbocycles. The number of hydrogen-bond donors (Lipinski definition) is 1. The van der Waals surface area contributed by atoms with E-state index < -0.39 is 0 Å². The molecule has 152 valence electrons. The van der Waals surface area contributed by atoms with E-state index in [4.69, 9.17) is 4.74 Å². The summed E-state index contributed by atoms with van der Waals surface area (Å²) in [6.07, 6.45) is 3.95. The second-order valence-corrected chi connectivity index (χ2v) is 7.97. The number of ether oxygens (including phenoxy) is 1. The van der Waals surface area contributed by atoms with Gasteiger partial charge in [0.05, 0.1) is 5.92 Å². The Labute approximate surface area is 176 Å². The van der Waals surface area contributed by atoms with E-state index in [9.17, 15) is 4.79 Å². The SMILES string of the molecule is O=C(NCC1CCN(c2ccccn2)CC1)C1c2ccccc2Oc2ccccc21. The van der Waals surface area contributed by atoms with Gasteiger partial charge < -0.3 is 15.0 Å². The zero-order valence-corrected chi connectivity index (χ0v) is 16.8. The summed E-state index contributed by atoms with van der Waals surface area (Å²) >= 11 is 0. The number of piperidine rings is 1. The predicted octanol–water partition coefficient (Wildman–Crippen LogP) is 4.35. The molecule has 0 bridgehead atoms. The van der Waals surface area contributed by atoms with Crippen molar-refractivity contribution in [2.24, 2.45) is 5.92 Å². The lowest BCUT2D eigenvalue weighted by Gasteiger charge is -2.33. The van der Waals surface area contributed by atoms with Gasteiger partial charge >= 0.3 is 0 Å². The van der Waals surface area contributed by atoms with Crippen LogP contribution < -0.4 is 15.0 Å². The Bertz CT molecular complexity index is 984. The molecule has 2 aliphatic rings. The van der Waals surface area contributed by atoms with Gasteiger partial charge in [0.1, 0.15) is 17.3 Å². The Morgan fingerprint density at radius 1 is 0.933 bits per heavy atom. The van der Waals surface area contributed by atoms with E-state index in [1.165, 1.54) is 0 Å². The molecule has 2 aromatic carbocycles. The molecule has 0 unspecified atom stereocenters. The highest BCUT2D eigenvalue weighted by Gasteiger charge is 2.32. The largest absolute Gasteiger partial charge is 0.457 e. The molecule has 1 fully saturated rings. The van der Waals surface area contributed by atoms with Crippen LogP contribution in [0.1, 0.15) is 29.9 Å². The predicted molar refractivity (Wildman–Crippen MR) is 117 cm³/mol. The van der Waals surface area contributed by atoms with E-state index in [0.717, 1.165) is 54.4 Å². The summed E-state index contributed by atoms with van der Waals surface area (Å²) in [7, 11) is 0. The third-order valence-electron chi connectivity index (χ3n) is 6.09. The Balaban J connectivity index is 1.25. The zero-order chi connectivity index (χ0) is 20.3. The number of nitrogens with zero attached hydrogens (tertiary/aromatic N) is 2. The second kappa shape index (κ2) is 8.19. The number of benzene rings is 2. The third-order valence-corrected chi connectivity index (χ3v) is 6.09. The smallest absolute Gasteiger partial charge is 0.232 e. The fourth-order valence-electron chi connectivity index (χ4n) is 4.45. The van der Waals surface area contributed by atoms with Crippen molar-refractivity contribution in [3.8, 4) is 11.5 Å². The van der Waals surface area contributed by atoms with Gasteiger partial charge in [-0.05, 0) is 43.0 Å². The average Bonchev–Trinajstić information content (AvgIpc) is 2.82. The van der Waals surface area contributed by atoms with Crippen LogP contribution in [0.25, 0.3) is 0 Å². The van der Waals surface area contributed by atoms with Gasteiger partial charge in [-0.2, -0.15) is 0 Å². The van der Waals surface area contributed by atoms with Crippen molar-refractivity contribution in [1.82, 2.24) is 10.3 Å². The second-order valence-electron chi connectivity index (χ2n) is 7.97. The van der Waals surface area contributed by atoms with Gasteiger partial charge in [-0.3, -0.25) is 4.79 Å². The lowest BCUT2D eigenvalue weighted by Crippen LogP contribution is -2.40. The first kappa shape index (κ1) is 18.7. The number of nitrogens with one attached hydrogen (secondary N) is 1. The fourth-order valence-corrected chi connectivity index (χ4v) is 4.45. The number of hydrogen-bond acceptors (Lipinski definition) is 4. The maximum Gasteiger partial charge on any atom is 0.232 e. The van der Waals surface area contributed by atoms with E-state index in [0.29, 0.717) is 12.5 Å². The van der Waals surface area contributed by atoms with Crippen LogP contribution in [0.15, 0.2) is 72.9 Å². The van der Waals surface area contributed by atoms with Gasteiger partial charge in [-0.15, -0.1) is 0 Å². The number of pyridine rings is 1. The van der Waals surface area contributed by atoms with Crippen molar-refractivity contribution in [1.29, 1.82) is 0 Å². The first-order valence-electron chi connectivity index (χ1n) is 10.6. The molecule has 3 heterocycles. The Hall–Kier alpha value is -3.34. The number of rotatable bonds is 4. The van der Waals surface area contributed by atoms with E-state index >= 15 is 0 Å². The average molecular weight is 399 g/mol. The van der Waals surface area contributed by atoms with Crippen molar-refractivity contribution in [3.05, 3.63) is 84.1 Å². The molecule has 1 amide bonds. The summed E-state index contributed by atoms with van der Waals surface area (Å²) in [6.45, 7) is 2.65. The summed E-state index contributed by atoms with van der Waals surface area (Å²) in [5.74, 6) is 2.76. The Morgan fingerprint density at radius 3 is 2.20 bits per heavy atom. The normalized spacial score (nSPS) is 16.3. The fraction of sp³-hybridized carbons (Fsp3) is 0.280. The molecular weight excluding hydrogens is 374 g/mol. The zero-order valence-electron chi connectivity index (χ0n) is 16.8. The van der Waals surface area contributed by atoms with Crippen LogP contribution in [0.2, 0.25) is 0 Å². The van der Waals surface area contributed by atoms with Crippen molar-refractivity contribution >= 4 is 11.7 Å². The van der Waals surface area contributed by atoms with Crippen LogP contribution in [0.4, 0.5) is 5.82 Å². The number of aromatic nitrogens is 1. The van der Waals surface area contributed by atoms with Crippen LogP contribution in [0, 0.1) is 5.92 Å². The molecule has 30 heavy (non-hydrogen) atoms. The van der Waals surface area contributed by atoms with Gasteiger partial charge in [0.15, 0.2) is 0 Å². The number of fused-ring (bicyclic) bond motifs is 2. The monoisotopic (exact) mass is 399 g/mol. The highest BCUT2D eigenvalue weighted by Crippen LogP contribution is 2.43. The summed E-state index contributed by atoms with van der Waals surface area (Å²) in [6, 6.07) is 21.7. The van der Waals surface area contributed by atoms with Crippen molar-refractivity contribution in [2.45, 2.75) is 18.8 Å². The van der Waals surface area contributed by atoms with Crippen LogP contribution in [-0.4, -0.2) is 30.5 Å². The number of carbonyl (C=O) groups is 1. The first-order chi connectivity index (χ1) is 14.8. The minimum Gasteiger partial charge on any atom is -0.457 e. The molecule has 0 radical (unpaired) electrons.